The van der Waals surface area contributed by atoms with Crippen molar-refractivity contribution >= 4 is 0 Å². The third-order valence-corrected chi connectivity index (χ3v) is 9.40. The van der Waals surface area contributed by atoms with Gasteiger partial charge in [0.15, 0.2) is 0 Å². The van der Waals surface area contributed by atoms with Crippen LogP contribution in [0.15, 0.2) is 127 Å². The fourth-order valence-corrected chi connectivity index (χ4v) is 6.17. The summed E-state index contributed by atoms with van der Waals surface area (Å²) in [5, 5.41) is 0. The van der Waals surface area contributed by atoms with Crippen molar-refractivity contribution in [2.75, 3.05) is 28.4 Å². The third-order valence-electron chi connectivity index (χ3n) is 9.40. The first-order valence-corrected chi connectivity index (χ1v) is 16.7. The van der Waals surface area contributed by atoms with E-state index in [2.05, 4.69) is 26.0 Å². The zero-order valence-electron chi connectivity index (χ0n) is 30.0. The fourth-order valence-electron chi connectivity index (χ4n) is 6.17. The zero-order valence-corrected chi connectivity index (χ0v) is 30.0. The summed E-state index contributed by atoms with van der Waals surface area (Å²) < 4.78 is 21.0. The van der Waals surface area contributed by atoms with Gasteiger partial charge in [0.1, 0.15) is 23.0 Å². The predicted molar refractivity (Wildman–Crippen MR) is 203 cm³/mol. The van der Waals surface area contributed by atoms with Gasteiger partial charge in [0.05, 0.1) is 39.5 Å². The van der Waals surface area contributed by atoms with Gasteiger partial charge in [-0.25, -0.2) is 0 Å². The molecule has 2 unspecified atom stereocenters. The van der Waals surface area contributed by atoms with Gasteiger partial charge >= 0.3 is 0 Å². The molecule has 0 aliphatic rings. The van der Waals surface area contributed by atoms with Crippen molar-refractivity contribution in [2.24, 2.45) is 28.9 Å². The normalized spacial score (nSPS) is 12.7. The van der Waals surface area contributed by atoms with Crippen molar-refractivity contribution in [3.05, 3.63) is 155 Å². The summed E-state index contributed by atoms with van der Waals surface area (Å²) >= 11 is 0. The molecule has 0 aromatic heterocycles. The van der Waals surface area contributed by atoms with Crippen LogP contribution in [0.4, 0.5) is 0 Å². The maximum Gasteiger partial charge on any atom is 0.118 e. The highest BCUT2D eigenvalue weighted by Gasteiger charge is 2.38. The van der Waals surface area contributed by atoms with Crippen LogP contribution >= 0.6 is 0 Å². The van der Waals surface area contributed by atoms with E-state index >= 15 is 0 Å². The first-order chi connectivity index (χ1) is 24.0. The van der Waals surface area contributed by atoms with Gasteiger partial charge in [0.25, 0.3) is 0 Å². The second-order valence-corrected chi connectivity index (χ2v) is 12.7. The third kappa shape index (κ3) is 8.46. The molecule has 264 valence electrons. The summed E-state index contributed by atoms with van der Waals surface area (Å²) in [4.78, 5) is 0. The lowest BCUT2D eigenvalue weighted by Crippen LogP contribution is -2.55. The molecule has 0 saturated heterocycles. The Kier molecular flexibility index (Phi) is 13.0. The first kappa shape index (κ1) is 38.0. The lowest BCUT2D eigenvalue weighted by Gasteiger charge is -2.38. The Hall–Kier alpha value is -4.86. The lowest BCUT2D eigenvalue weighted by atomic mass is 9.74. The van der Waals surface area contributed by atoms with Crippen LogP contribution in [-0.2, 0) is 17.5 Å². The van der Waals surface area contributed by atoms with Gasteiger partial charge in [0.2, 0.25) is 0 Å². The predicted octanol–water partition coefficient (Wildman–Crippen LogP) is 6.37. The maximum atomic E-state index is 7.01. The number of hydrogen-bond donors (Lipinski definition) is 4. The minimum atomic E-state index is -0.853. The summed E-state index contributed by atoms with van der Waals surface area (Å²) in [7, 11) is 6.59. The van der Waals surface area contributed by atoms with Crippen LogP contribution in [0.25, 0.3) is 0 Å². The van der Waals surface area contributed by atoms with Crippen LogP contribution in [0.5, 0.6) is 23.0 Å². The summed E-state index contributed by atoms with van der Waals surface area (Å²) in [5.41, 5.74) is 30.4. The van der Waals surface area contributed by atoms with E-state index in [0.29, 0.717) is 6.42 Å². The zero-order chi connectivity index (χ0) is 36.3. The molecule has 5 rings (SSSR count). The van der Waals surface area contributed by atoms with E-state index in [4.69, 9.17) is 41.9 Å². The Bertz CT molecular complexity index is 1630. The fraction of sp³-hybridized carbons (Fsp3) is 0.286. The van der Waals surface area contributed by atoms with Crippen LogP contribution in [0.1, 0.15) is 41.7 Å². The van der Waals surface area contributed by atoms with Crippen LogP contribution in [0, 0.1) is 5.92 Å². The number of hydrogen-bond acceptors (Lipinski definition) is 8. The minimum Gasteiger partial charge on any atom is -0.497 e. The van der Waals surface area contributed by atoms with Gasteiger partial charge in [0, 0.05) is 12.1 Å². The number of methoxy groups -OCH3 is 4. The highest BCUT2D eigenvalue weighted by atomic mass is 16.5. The highest BCUT2D eigenvalue weighted by molar-refractivity contribution is 5.46. The topological polar surface area (TPSA) is 141 Å². The van der Waals surface area contributed by atoms with E-state index in [9.17, 15) is 0 Å². The van der Waals surface area contributed by atoms with Crippen LogP contribution in [0.2, 0.25) is 0 Å². The summed E-state index contributed by atoms with van der Waals surface area (Å²) in [6.07, 6.45) is 0.662. The van der Waals surface area contributed by atoms with Gasteiger partial charge in [-0.3, -0.25) is 0 Å². The molecule has 0 fully saturated rings. The number of ether oxygens (including phenoxy) is 4. The molecule has 0 aliphatic carbocycles. The molecule has 0 heterocycles. The molecule has 5 aromatic carbocycles. The molecule has 2 atom stereocenters. The van der Waals surface area contributed by atoms with E-state index in [1.54, 1.807) is 28.4 Å². The first-order valence-electron chi connectivity index (χ1n) is 16.7. The molecular weight excluding hydrogens is 624 g/mol. The Morgan fingerprint density at radius 2 is 0.760 bits per heavy atom. The Morgan fingerprint density at radius 1 is 0.460 bits per heavy atom. The van der Waals surface area contributed by atoms with E-state index in [0.717, 1.165) is 50.8 Å². The molecular formula is C42H52N4O4. The Morgan fingerprint density at radius 3 is 1.04 bits per heavy atom. The van der Waals surface area contributed by atoms with E-state index in [1.165, 1.54) is 0 Å². The molecule has 5 aromatic rings. The van der Waals surface area contributed by atoms with Gasteiger partial charge < -0.3 is 41.9 Å². The average Bonchev–Trinajstić information content (AvgIpc) is 3.17. The molecule has 50 heavy (non-hydrogen) atoms. The van der Waals surface area contributed by atoms with Crippen molar-refractivity contribution < 1.29 is 18.9 Å². The van der Waals surface area contributed by atoms with Crippen molar-refractivity contribution in [1.29, 1.82) is 0 Å². The molecule has 0 radical (unpaired) electrons. The maximum absolute atomic E-state index is 7.01. The molecule has 0 spiro atoms. The van der Waals surface area contributed by atoms with Crippen molar-refractivity contribution in [3.8, 4) is 23.0 Å². The number of nitrogens with two attached hydrogens (primary N) is 4. The number of benzene rings is 5. The molecule has 8 nitrogen and oxygen atoms in total. The largest absolute Gasteiger partial charge is 0.497 e. The second-order valence-electron chi connectivity index (χ2n) is 12.7. The van der Waals surface area contributed by atoms with E-state index in [1.807, 2.05) is 115 Å². The summed E-state index contributed by atoms with van der Waals surface area (Å²) in [6.45, 7) is 4.17. The summed E-state index contributed by atoms with van der Waals surface area (Å²) in [5.74, 6) is 3.39. The molecule has 0 amide bonds. The van der Waals surface area contributed by atoms with E-state index in [-0.39, 0.29) is 18.0 Å². The molecule has 8 heteroatoms. The molecule has 8 N–H and O–H groups in total. The minimum absolute atomic E-state index is 0.226. The van der Waals surface area contributed by atoms with Crippen LogP contribution in [0.3, 0.4) is 0 Å². The van der Waals surface area contributed by atoms with Gasteiger partial charge in [-0.1, -0.05) is 92.7 Å². The van der Waals surface area contributed by atoms with Crippen molar-refractivity contribution in [2.45, 2.75) is 43.4 Å². The highest BCUT2D eigenvalue weighted by Crippen LogP contribution is 2.35. The Balaban J connectivity index is 0.000000228. The lowest BCUT2D eigenvalue weighted by molar-refractivity contribution is 0.336. The average molecular weight is 677 g/mol. The van der Waals surface area contributed by atoms with Gasteiger partial charge in [-0.2, -0.15) is 0 Å². The van der Waals surface area contributed by atoms with Gasteiger partial charge in [-0.05, 0) is 88.7 Å². The van der Waals surface area contributed by atoms with Crippen molar-refractivity contribution in [3.63, 3.8) is 0 Å². The SMILES string of the molecule is COc1ccc(C(N)(c2ccc(OC)cc2)C(N)C(C)C)cc1.COc1ccc(C(N)(c2ccc(OC)cc2)C(N)Cc2ccccc2)cc1. The quantitative estimate of drug-likeness (QED) is 0.113. The standard InChI is InChI=1S/C23H26N2O2.C19H26N2O2/c1-26-20-12-8-18(9-13-20)23(25,19-10-14-21(27-2)15-11-19)22(24)16-17-6-4-3-5-7-17;1-13(2)18(20)19(21,14-5-9-16(22-3)10-6-14)15-7-11-17(23-4)12-8-15/h3-15,22H,16,24-25H2,1-2H3;5-13,18H,20-21H2,1-4H3. The van der Waals surface area contributed by atoms with Crippen LogP contribution in [-0.4, -0.2) is 40.5 Å². The van der Waals surface area contributed by atoms with Crippen LogP contribution < -0.4 is 41.9 Å². The molecule has 0 aliphatic heterocycles. The van der Waals surface area contributed by atoms with E-state index < -0.39 is 11.1 Å². The molecule has 0 saturated carbocycles. The number of rotatable bonds is 13. The summed E-state index contributed by atoms with van der Waals surface area (Å²) in [6, 6.07) is 40.7. The smallest absolute Gasteiger partial charge is 0.118 e. The second kappa shape index (κ2) is 17.2. The molecule has 0 bridgehead atoms. The van der Waals surface area contributed by atoms with Gasteiger partial charge in [-0.15, -0.1) is 0 Å². The van der Waals surface area contributed by atoms with Crippen molar-refractivity contribution in [1.82, 2.24) is 0 Å². The monoisotopic (exact) mass is 676 g/mol. The Labute approximate surface area is 297 Å².